The van der Waals surface area contributed by atoms with Crippen molar-refractivity contribution >= 4 is 5.91 Å². The number of amides is 1. The molecule has 1 heterocycles. The highest BCUT2D eigenvalue weighted by Crippen LogP contribution is 2.28. The smallest absolute Gasteiger partial charge is 0.396 e. The van der Waals surface area contributed by atoms with E-state index in [0.717, 1.165) is 12.1 Å². The molecule has 1 amide bonds. The molecule has 112 valence electrons. The molecule has 0 radical (unpaired) electrons. The minimum atomic E-state index is -4.47. The zero-order valence-corrected chi connectivity index (χ0v) is 11.3. The van der Waals surface area contributed by atoms with Gasteiger partial charge in [0.15, 0.2) is 0 Å². The first-order valence-electron chi connectivity index (χ1n) is 6.22. The lowest BCUT2D eigenvalue weighted by Gasteiger charge is -2.26. The molecule has 0 aliphatic heterocycles. The van der Waals surface area contributed by atoms with Gasteiger partial charge in [-0.2, -0.15) is 13.2 Å². The van der Waals surface area contributed by atoms with Crippen LogP contribution < -0.4 is 0 Å². The average molecular weight is 290 g/mol. The predicted molar refractivity (Wildman–Crippen MR) is 67.1 cm³/mol. The van der Waals surface area contributed by atoms with Crippen molar-refractivity contribution in [3.05, 3.63) is 29.6 Å². The number of aromatic nitrogens is 1. The molecule has 0 saturated carbocycles. The summed E-state index contributed by atoms with van der Waals surface area (Å²) < 4.78 is 37.2. The number of aliphatic hydroxyl groups excluding tert-OH is 1. The molecule has 7 heteroatoms. The average Bonchev–Trinajstić information content (AvgIpc) is 2.37. The first kappa shape index (κ1) is 16.4. The summed E-state index contributed by atoms with van der Waals surface area (Å²) in [4.78, 5) is 17.2. The van der Waals surface area contributed by atoms with Gasteiger partial charge in [-0.05, 0) is 32.4 Å². The maximum atomic E-state index is 12.4. The number of hydrogen-bond donors (Lipinski definition) is 1. The number of alkyl halides is 3. The summed E-state index contributed by atoms with van der Waals surface area (Å²) in [5.74, 6) is -0.442. The lowest BCUT2D eigenvalue weighted by molar-refractivity contribution is -0.137. The molecular formula is C13H17F3N2O2. The normalized spacial score (nSPS) is 11.8. The number of pyridine rings is 1. The zero-order valence-electron chi connectivity index (χ0n) is 11.3. The molecule has 4 nitrogen and oxygen atoms in total. The molecule has 20 heavy (non-hydrogen) atoms. The van der Waals surface area contributed by atoms with Gasteiger partial charge >= 0.3 is 6.18 Å². The number of rotatable bonds is 5. The van der Waals surface area contributed by atoms with Gasteiger partial charge in [0.2, 0.25) is 0 Å². The second-order valence-corrected chi connectivity index (χ2v) is 4.60. The van der Waals surface area contributed by atoms with Gasteiger partial charge in [-0.25, -0.2) is 0 Å². The summed E-state index contributed by atoms with van der Waals surface area (Å²) >= 11 is 0. The fourth-order valence-electron chi connectivity index (χ4n) is 1.67. The van der Waals surface area contributed by atoms with Crippen LogP contribution in [0.1, 0.15) is 36.3 Å². The number of nitrogens with zero attached hydrogens (tertiary/aromatic N) is 2. The third-order valence-corrected chi connectivity index (χ3v) is 2.75. The van der Waals surface area contributed by atoms with Crippen molar-refractivity contribution in [2.45, 2.75) is 32.5 Å². The molecule has 1 aromatic rings. The highest BCUT2D eigenvalue weighted by Gasteiger charge is 2.31. The van der Waals surface area contributed by atoms with E-state index in [0.29, 0.717) is 19.2 Å². The van der Waals surface area contributed by atoms with E-state index < -0.39 is 17.6 Å². The molecule has 0 saturated heterocycles. The molecular weight excluding hydrogens is 273 g/mol. The monoisotopic (exact) mass is 290 g/mol. The Bertz CT molecular complexity index is 444. The number of carbonyl (C=O) groups excluding carboxylic acids is 1. The molecule has 0 aliphatic rings. The van der Waals surface area contributed by atoms with Gasteiger partial charge in [0.25, 0.3) is 5.91 Å². The van der Waals surface area contributed by atoms with E-state index in [1.54, 1.807) is 13.8 Å². The third kappa shape index (κ3) is 4.19. The molecule has 0 atom stereocenters. The minimum Gasteiger partial charge on any atom is -0.396 e. The van der Waals surface area contributed by atoms with Crippen LogP contribution in [0.15, 0.2) is 18.3 Å². The van der Waals surface area contributed by atoms with Crippen LogP contribution in [0.5, 0.6) is 0 Å². The number of aliphatic hydroxyl groups is 1. The Morgan fingerprint density at radius 3 is 2.45 bits per heavy atom. The summed E-state index contributed by atoms with van der Waals surface area (Å²) in [7, 11) is 0. The Hall–Kier alpha value is -1.63. The molecule has 0 fully saturated rings. The highest BCUT2D eigenvalue weighted by atomic mass is 19.4. The second kappa shape index (κ2) is 6.69. The number of hydrogen-bond acceptors (Lipinski definition) is 3. The largest absolute Gasteiger partial charge is 0.417 e. The summed E-state index contributed by atoms with van der Waals surface area (Å²) in [5, 5.41) is 8.80. The molecule has 1 aromatic heterocycles. The van der Waals surface area contributed by atoms with E-state index in [-0.39, 0.29) is 18.3 Å². The van der Waals surface area contributed by atoms with E-state index >= 15 is 0 Å². The standard InChI is InChI=1S/C13H17F3N2O2/c1-9(2)18(6-3-7-19)12(20)11-5-4-10(8-17-11)13(14,15)16/h4-5,8-9,19H,3,6-7H2,1-2H3. The van der Waals surface area contributed by atoms with Gasteiger partial charge in [-0.3, -0.25) is 9.78 Å². The van der Waals surface area contributed by atoms with Crippen molar-refractivity contribution in [1.82, 2.24) is 9.88 Å². The molecule has 0 unspecified atom stereocenters. The second-order valence-electron chi connectivity index (χ2n) is 4.60. The Morgan fingerprint density at radius 1 is 1.40 bits per heavy atom. The lowest BCUT2D eigenvalue weighted by Crippen LogP contribution is -2.38. The molecule has 1 rings (SSSR count). The van der Waals surface area contributed by atoms with Crippen molar-refractivity contribution in [1.29, 1.82) is 0 Å². The molecule has 0 aliphatic carbocycles. The van der Waals surface area contributed by atoms with Crippen LogP contribution in [0.2, 0.25) is 0 Å². The van der Waals surface area contributed by atoms with Gasteiger partial charge in [0.05, 0.1) is 5.56 Å². The van der Waals surface area contributed by atoms with Crippen LogP contribution in [-0.2, 0) is 6.18 Å². The Balaban J connectivity index is 2.89. The summed E-state index contributed by atoms with van der Waals surface area (Å²) in [6.45, 7) is 3.85. The van der Waals surface area contributed by atoms with Gasteiger partial charge in [0, 0.05) is 25.4 Å². The molecule has 0 aromatic carbocycles. The van der Waals surface area contributed by atoms with Gasteiger partial charge in [-0.1, -0.05) is 0 Å². The molecule has 1 N–H and O–H groups in total. The Kier molecular flexibility index (Phi) is 5.50. The maximum Gasteiger partial charge on any atom is 0.417 e. The van der Waals surface area contributed by atoms with Crippen molar-refractivity contribution < 1.29 is 23.1 Å². The minimum absolute atomic E-state index is 0.0374. The van der Waals surface area contributed by atoms with Crippen LogP contribution in [-0.4, -0.2) is 40.1 Å². The summed E-state index contributed by atoms with van der Waals surface area (Å²) in [5.41, 5.74) is -0.926. The van der Waals surface area contributed by atoms with E-state index in [9.17, 15) is 18.0 Å². The van der Waals surface area contributed by atoms with E-state index in [1.165, 1.54) is 4.90 Å². The first-order valence-corrected chi connectivity index (χ1v) is 6.22. The summed E-state index contributed by atoms with van der Waals surface area (Å²) in [6, 6.07) is 1.78. The Labute approximate surface area is 115 Å². The van der Waals surface area contributed by atoms with Crippen molar-refractivity contribution in [2.24, 2.45) is 0 Å². The van der Waals surface area contributed by atoms with Crippen molar-refractivity contribution in [2.75, 3.05) is 13.2 Å². The first-order chi connectivity index (χ1) is 9.27. The van der Waals surface area contributed by atoms with E-state index in [2.05, 4.69) is 4.98 Å². The fourth-order valence-corrected chi connectivity index (χ4v) is 1.67. The fraction of sp³-hybridized carbons (Fsp3) is 0.538. The van der Waals surface area contributed by atoms with Crippen LogP contribution in [0.3, 0.4) is 0 Å². The van der Waals surface area contributed by atoms with Crippen molar-refractivity contribution in [3.63, 3.8) is 0 Å². The Morgan fingerprint density at radius 2 is 2.05 bits per heavy atom. The lowest BCUT2D eigenvalue weighted by atomic mass is 10.2. The van der Waals surface area contributed by atoms with Gasteiger partial charge in [0.1, 0.15) is 5.69 Å². The van der Waals surface area contributed by atoms with Gasteiger partial charge in [-0.15, -0.1) is 0 Å². The molecule has 0 bridgehead atoms. The predicted octanol–water partition coefficient (Wildman–Crippen LogP) is 2.33. The molecule has 0 spiro atoms. The van der Waals surface area contributed by atoms with Crippen LogP contribution in [0.4, 0.5) is 13.2 Å². The summed E-state index contributed by atoms with van der Waals surface area (Å²) in [6.07, 6.45) is -3.41. The van der Waals surface area contributed by atoms with Gasteiger partial charge < -0.3 is 10.0 Å². The maximum absolute atomic E-state index is 12.4. The third-order valence-electron chi connectivity index (χ3n) is 2.75. The highest BCUT2D eigenvalue weighted by molar-refractivity contribution is 5.92. The van der Waals surface area contributed by atoms with Crippen LogP contribution >= 0.6 is 0 Å². The van der Waals surface area contributed by atoms with E-state index in [1.807, 2.05) is 0 Å². The number of halogens is 3. The topological polar surface area (TPSA) is 53.4 Å². The van der Waals surface area contributed by atoms with Crippen molar-refractivity contribution in [3.8, 4) is 0 Å². The number of carbonyl (C=O) groups is 1. The quantitative estimate of drug-likeness (QED) is 0.905. The SMILES string of the molecule is CC(C)N(CCCO)C(=O)c1ccc(C(F)(F)F)cn1. The zero-order chi connectivity index (χ0) is 15.3. The van der Waals surface area contributed by atoms with E-state index in [4.69, 9.17) is 5.11 Å². The van der Waals surface area contributed by atoms with Crippen LogP contribution in [0.25, 0.3) is 0 Å². The van der Waals surface area contributed by atoms with Crippen LogP contribution in [0, 0.1) is 0 Å².